The second-order valence-electron chi connectivity index (χ2n) is 7.99. The van der Waals surface area contributed by atoms with Gasteiger partial charge in [0.2, 0.25) is 5.91 Å². The summed E-state index contributed by atoms with van der Waals surface area (Å²) in [5.41, 5.74) is 3.60. The normalized spacial score (nSPS) is 20.2. The first-order valence-corrected chi connectivity index (χ1v) is 11.4. The summed E-state index contributed by atoms with van der Waals surface area (Å²) in [4.78, 5) is 15.8. The maximum absolute atomic E-state index is 13.8. The topological polar surface area (TPSA) is 54.5 Å². The van der Waals surface area contributed by atoms with E-state index in [1.54, 1.807) is 42.2 Å². The summed E-state index contributed by atoms with van der Waals surface area (Å²) in [6, 6.07) is 22.2. The molecule has 2 heterocycles. The van der Waals surface area contributed by atoms with E-state index >= 15 is 0 Å². The molecule has 146 valence electrons. The molecular formula is C24H21NO3S. The molecule has 29 heavy (non-hydrogen) atoms. The summed E-state index contributed by atoms with van der Waals surface area (Å²) >= 11 is 0. The minimum atomic E-state index is -3.64. The minimum absolute atomic E-state index is 0.172. The Kier molecular flexibility index (Phi) is 3.93. The first-order chi connectivity index (χ1) is 13.9. The fourth-order valence-corrected chi connectivity index (χ4v) is 6.41. The second-order valence-corrected chi connectivity index (χ2v) is 9.98. The quantitative estimate of drug-likeness (QED) is 0.659. The van der Waals surface area contributed by atoms with Crippen LogP contribution in [0.2, 0.25) is 0 Å². The van der Waals surface area contributed by atoms with Crippen LogP contribution >= 0.6 is 0 Å². The fraction of sp³-hybridized carbons (Fsp3) is 0.208. The molecule has 3 aromatic rings. The highest BCUT2D eigenvalue weighted by Crippen LogP contribution is 2.50. The summed E-state index contributed by atoms with van der Waals surface area (Å²) in [6.07, 6.45) is 1.68. The minimum Gasteiger partial charge on any atom is -0.279 e. The van der Waals surface area contributed by atoms with Gasteiger partial charge in [0.25, 0.3) is 0 Å². The molecule has 3 aromatic carbocycles. The molecule has 5 heteroatoms. The summed E-state index contributed by atoms with van der Waals surface area (Å²) in [5, 5.41) is 0. The first-order valence-electron chi connectivity index (χ1n) is 9.74. The molecule has 0 radical (unpaired) electrons. The Labute approximate surface area is 170 Å². The molecule has 0 fully saturated rings. The van der Waals surface area contributed by atoms with E-state index in [0.717, 1.165) is 40.9 Å². The van der Waals surface area contributed by atoms with E-state index < -0.39 is 15.3 Å². The van der Waals surface area contributed by atoms with Gasteiger partial charge in [-0.25, -0.2) is 8.42 Å². The molecule has 0 spiro atoms. The predicted octanol–water partition coefficient (Wildman–Crippen LogP) is 4.20. The van der Waals surface area contributed by atoms with Crippen molar-refractivity contribution in [3.8, 4) is 0 Å². The molecule has 2 aliphatic heterocycles. The summed E-state index contributed by atoms with van der Waals surface area (Å²) in [6.45, 7) is 1.77. The Morgan fingerprint density at radius 3 is 2.31 bits per heavy atom. The summed E-state index contributed by atoms with van der Waals surface area (Å²) < 4.78 is 26.4. The predicted molar refractivity (Wildman–Crippen MR) is 113 cm³/mol. The summed E-state index contributed by atoms with van der Waals surface area (Å²) in [5.74, 6) is -0.424. The van der Waals surface area contributed by atoms with Crippen molar-refractivity contribution >= 4 is 27.1 Å². The van der Waals surface area contributed by atoms with Gasteiger partial charge in [0.15, 0.2) is 9.84 Å². The van der Waals surface area contributed by atoms with Crippen molar-refractivity contribution in [1.82, 2.24) is 0 Å². The van der Waals surface area contributed by atoms with Crippen LogP contribution in [-0.4, -0.2) is 20.1 Å². The van der Waals surface area contributed by atoms with Gasteiger partial charge in [-0.2, -0.15) is 0 Å². The molecule has 1 amide bonds. The van der Waals surface area contributed by atoms with Gasteiger partial charge in [-0.1, -0.05) is 54.6 Å². The highest BCUT2D eigenvalue weighted by Gasteiger charge is 2.52. The molecule has 0 saturated heterocycles. The number of benzene rings is 3. The van der Waals surface area contributed by atoms with Crippen LogP contribution in [-0.2, 0) is 32.9 Å². The van der Waals surface area contributed by atoms with Crippen LogP contribution in [0.3, 0.4) is 0 Å². The maximum atomic E-state index is 13.8. The third kappa shape index (κ3) is 2.64. The van der Waals surface area contributed by atoms with E-state index in [0.29, 0.717) is 0 Å². The van der Waals surface area contributed by atoms with Crippen molar-refractivity contribution in [2.45, 2.75) is 30.1 Å². The number of rotatable bonds is 3. The number of hydrogen-bond acceptors (Lipinski definition) is 3. The number of sulfone groups is 1. The van der Waals surface area contributed by atoms with Crippen LogP contribution in [0.4, 0.5) is 11.4 Å². The molecule has 0 aromatic heterocycles. The maximum Gasteiger partial charge on any atom is 0.243 e. The van der Waals surface area contributed by atoms with E-state index in [9.17, 15) is 13.2 Å². The molecule has 2 aliphatic rings. The van der Waals surface area contributed by atoms with Crippen LogP contribution in [0.25, 0.3) is 0 Å². The number of carbonyl (C=O) groups excluding carboxylic acids is 1. The lowest BCUT2D eigenvalue weighted by Crippen LogP contribution is -2.41. The average Bonchev–Trinajstić information content (AvgIpc) is 2.85. The Hall–Kier alpha value is -2.92. The first kappa shape index (κ1) is 18.1. The molecule has 0 N–H and O–H groups in total. The molecule has 5 rings (SSSR count). The molecule has 1 unspecified atom stereocenters. The zero-order valence-corrected chi connectivity index (χ0v) is 16.9. The van der Waals surface area contributed by atoms with E-state index in [-0.39, 0.29) is 16.6 Å². The SMILES string of the molecule is CC1(CS(=O)(=O)c2ccccc2)C(=O)N2c3ccccc3CCc3cccc1c32. The highest BCUT2D eigenvalue weighted by molar-refractivity contribution is 7.91. The smallest absolute Gasteiger partial charge is 0.243 e. The lowest BCUT2D eigenvalue weighted by Gasteiger charge is -2.25. The largest absolute Gasteiger partial charge is 0.279 e. The third-order valence-corrected chi connectivity index (χ3v) is 8.04. The van der Waals surface area contributed by atoms with Crippen molar-refractivity contribution < 1.29 is 13.2 Å². The molecule has 0 bridgehead atoms. The van der Waals surface area contributed by atoms with Crippen LogP contribution in [0.15, 0.2) is 77.7 Å². The van der Waals surface area contributed by atoms with Crippen LogP contribution in [0.5, 0.6) is 0 Å². The van der Waals surface area contributed by atoms with Gasteiger partial charge in [0, 0.05) is 0 Å². The van der Waals surface area contributed by atoms with E-state index in [2.05, 4.69) is 0 Å². The van der Waals surface area contributed by atoms with Crippen LogP contribution < -0.4 is 4.90 Å². The van der Waals surface area contributed by atoms with Gasteiger partial charge >= 0.3 is 0 Å². The zero-order chi connectivity index (χ0) is 20.2. The van der Waals surface area contributed by atoms with Gasteiger partial charge < -0.3 is 0 Å². The molecule has 0 saturated carbocycles. The molecular weight excluding hydrogens is 382 g/mol. The molecule has 0 aliphatic carbocycles. The van der Waals surface area contributed by atoms with Crippen molar-refractivity contribution in [2.24, 2.45) is 0 Å². The summed E-state index contributed by atoms with van der Waals surface area (Å²) in [7, 11) is -3.64. The number of amides is 1. The number of para-hydroxylation sites is 2. The standard InChI is InChI=1S/C24H21NO3S/c1-24(16-29(27,28)19-10-3-2-4-11-19)20-12-7-9-18-15-14-17-8-5-6-13-21(17)25(22(18)20)23(24)26/h2-13H,14-16H2,1H3. The van der Waals surface area contributed by atoms with Gasteiger partial charge in [0.05, 0.1) is 27.4 Å². The van der Waals surface area contributed by atoms with Gasteiger partial charge in [-0.15, -0.1) is 0 Å². The number of nitrogens with zero attached hydrogens (tertiary/aromatic N) is 1. The lowest BCUT2D eigenvalue weighted by molar-refractivity contribution is -0.121. The lowest BCUT2D eigenvalue weighted by atomic mass is 9.84. The number of carbonyl (C=O) groups is 1. The number of fused-ring (bicyclic) bond motifs is 2. The van der Waals surface area contributed by atoms with Gasteiger partial charge in [-0.3, -0.25) is 9.69 Å². The van der Waals surface area contributed by atoms with E-state index in [1.165, 1.54) is 0 Å². The Bertz CT molecular complexity index is 1230. The number of anilines is 2. The van der Waals surface area contributed by atoms with Crippen LogP contribution in [0.1, 0.15) is 23.6 Å². The van der Waals surface area contributed by atoms with Crippen molar-refractivity contribution in [2.75, 3.05) is 10.7 Å². The molecule has 4 nitrogen and oxygen atoms in total. The monoisotopic (exact) mass is 403 g/mol. The average molecular weight is 404 g/mol. The Balaban J connectivity index is 1.69. The van der Waals surface area contributed by atoms with E-state index in [4.69, 9.17) is 0 Å². The Morgan fingerprint density at radius 2 is 1.52 bits per heavy atom. The number of aryl methyl sites for hydroxylation is 2. The Morgan fingerprint density at radius 1 is 0.862 bits per heavy atom. The number of hydrogen-bond donors (Lipinski definition) is 0. The van der Waals surface area contributed by atoms with Gasteiger partial charge in [0.1, 0.15) is 0 Å². The van der Waals surface area contributed by atoms with E-state index in [1.807, 2.05) is 42.5 Å². The van der Waals surface area contributed by atoms with Crippen LogP contribution in [0, 0.1) is 0 Å². The van der Waals surface area contributed by atoms with Crippen molar-refractivity contribution in [3.05, 3.63) is 89.5 Å². The van der Waals surface area contributed by atoms with Crippen molar-refractivity contribution in [3.63, 3.8) is 0 Å². The van der Waals surface area contributed by atoms with Gasteiger partial charge in [-0.05, 0) is 54.7 Å². The highest BCUT2D eigenvalue weighted by atomic mass is 32.2. The third-order valence-electron chi connectivity index (χ3n) is 6.09. The van der Waals surface area contributed by atoms with Crippen molar-refractivity contribution in [1.29, 1.82) is 0 Å². The fourth-order valence-electron chi connectivity index (χ4n) is 4.64. The second kappa shape index (κ2) is 6.29. The molecule has 1 atom stereocenters. The zero-order valence-electron chi connectivity index (χ0n) is 16.1.